The van der Waals surface area contributed by atoms with Crippen LogP contribution in [0.1, 0.15) is 30.4 Å². The van der Waals surface area contributed by atoms with E-state index in [-0.39, 0.29) is 30.6 Å². The zero-order valence-corrected chi connectivity index (χ0v) is 12.8. The maximum Gasteiger partial charge on any atom is 0.416 e. The highest BCUT2D eigenvalue weighted by Crippen LogP contribution is 2.36. The lowest BCUT2D eigenvalue weighted by molar-refractivity contribution is -0.264. The van der Waals surface area contributed by atoms with Crippen molar-refractivity contribution in [2.24, 2.45) is 0 Å². The van der Waals surface area contributed by atoms with E-state index in [9.17, 15) is 18.3 Å². The molecule has 22 heavy (non-hydrogen) atoms. The van der Waals surface area contributed by atoms with Crippen molar-refractivity contribution in [2.75, 3.05) is 19.7 Å². The maximum atomic E-state index is 12.8. The number of benzene rings is 1. The second-order valence-electron chi connectivity index (χ2n) is 5.79. The topological polar surface area (TPSA) is 32.7 Å². The SMILES string of the molecule is Cl.OC1(c2cccc(C(F)(F)F)c2)CN2CCCCC2CO1. The highest BCUT2D eigenvalue weighted by atomic mass is 35.5. The Kier molecular flexibility index (Phi) is 5.06. The second-order valence-corrected chi connectivity index (χ2v) is 5.79. The number of hydrogen-bond donors (Lipinski definition) is 1. The molecular formula is C15H19ClF3NO2. The van der Waals surface area contributed by atoms with Gasteiger partial charge in [-0.1, -0.05) is 18.6 Å². The molecule has 2 aliphatic heterocycles. The number of hydrogen-bond acceptors (Lipinski definition) is 3. The summed E-state index contributed by atoms with van der Waals surface area (Å²) in [4.78, 5) is 2.12. The largest absolute Gasteiger partial charge is 0.416 e. The third kappa shape index (κ3) is 3.40. The number of morpholine rings is 1. The van der Waals surface area contributed by atoms with Crippen LogP contribution < -0.4 is 0 Å². The summed E-state index contributed by atoms with van der Waals surface area (Å²) in [5.41, 5.74) is -0.598. The average molecular weight is 338 g/mol. The van der Waals surface area contributed by atoms with Crippen molar-refractivity contribution >= 4 is 12.4 Å². The zero-order chi connectivity index (χ0) is 15.1. The summed E-state index contributed by atoms with van der Waals surface area (Å²) < 4.78 is 43.9. The van der Waals surface area contributed by atoms with Crippen LogP contribution in [0.4, 0.5) is 13.2 Å². The van der Waals surface area contributed by atoms with Gasteiger partial charge in [0, 0.05) is 11.6 Å². The first-order valence-corrected chi connectivity index (χ1v) is 7.17. The van der Waals surface area contributed by atoms with E-state index < -0.39 is 17.5 Å². The molecule has 2 fully saturated rings. The molecule has 1 aromatic rings. The van der Waals surface area contributed by atoms with Gasteiger partial charge in [0.05, 0.1) is 18.7 Å². The van der Waals surface area contributed by atoms with Gasteiger partial charge < -0.3 is 9.84 Å². The molecule has 2 unspecified atom stereocenters. The average Bonchev–Trinajstić information content (AvgIpc) is 2.46. The molecule has 0 radical (unpaired) electrons. The molecule has 124 valence electrons. The van der Waals surface area contributed by atoms with E-state index in [1.54, 1.807) is 0 Å². The summed E-state index contributed by atoms with van der Waals surface area (Å²) in [5.74, 6) is -1.66. The lowest BCUT2D eigenvalue weighted by Gasteiger charge is -2.46. The molecule has 1 N–H and O–H groups in total. The Hall–Kier alpha value is -0.820. The van der Waals surface area contributed by atoms with Gasteiger partial charge >= 0.3 is 6.18 Å². The number of piperidine rings is 1. The van der Waals surface area contributed by atoms with E-state index in [0.717, 1.165) is 37.9 Å². The molecule has 0 bridgehead atoms. The number of fused-ring (bicyclic) bond motifs is 1. The molecule has 2 aliphatic rings. The van der Waals surface area contributed by atoms with E-state index in [1.807, 2.05) is 0 Å². The van der Waals surface area contributed by atoms with Crippen LogP contribution in [0.25, 0.3) is 0 Å². The zero-order valence-electron chi connectivity index (χ0n) is 12.0. The summed E-state index contributed by atoms with van der Waals surface area (Å²) in [6.45, 7) is 1.43. The summed E-state index contributed by atoms with van der Waals surface area (Å²) >= 11 is 0. The summed E-state index contributed by atoms with van der Waals surface area (Å²) in [6, 6.07) is 5.04. The molecule has 1 aromatic carbocycles. The van der Waals surface area contributed by atoms with Crippen LogP contribution in [0.2, 0.25) is 0 Å². The number of aliphatic hydroxyl groups is 1. The predicted octanol–water partition coefficient (Wildman–Crippen LogP) is 3.16. The van der Waals surface area contributed by atoms with Gasteiger partial charge in [-0.15, -0.1) is 12.4 Å². The highest BCUT2D eigenvalue weighted by Gasteiger charge is 2.42. The fourth-order valence-corrected chi connectivity index (χ4v) is 3.13. The first-order valence-electron chi connectivity index (χ1n) is 7.17. The summed E-state index contributed by atoms with van der Waals surface area (Å²) in [6.07, 6.45) is -1.23. The number of rotatable bonds is 1. The Morgan fingerprint density at radius 3 is 2.77 bits per heavy atom. The van der Waals surface area contributed by atoms with Crippen molar-refractivity contribution in [3.8, 4) is 0 Å². The Labute approximate surface area is 133 Å². The third-order valence-electron chi connectivity index (χ3n) is 4.32. The van der Waals surface area contributed by atoms with Crippen LogP contribution in [-0.4, -0.2) is 35.7 Å². The van der Waals surface area contributed by atoms with Crippen molar-refractivity contribution in [1.29, 1.82) is 0 Å². The van der Waals surface area contributed by atoms with Gasteiger partial charge in [0.25, 0.3) is 0 Å². The molecule has 0 amide bonds. The molecule has 7 heteroatoms. The molecule has 2 heterocycles. The van der Waals surface area contributed by atoms with E-state index in [1.165, 1.54) is 12.1 Å². The minimum absolute atomic E-state index is 0. The minimum atomic E-state index is -4.42. The molecule has 2 atom stereocenters. The summed E-state index contributed by atoms with van der Waals surface area (Å²) in [5, 5.41) is 10.6. The Morgan fingerprint density at radius 1 is 1.27 bits per heavy atom. The lowest BCUT2D eigenvalue weighted by atomic mass is 9.95. The van der Waals surface area contributed by atoms with Crippen LogP contribution in [-0.2, 0) is 16.7 Å². The lowest BCUT2D eigenvalue weighted by Crippen LogP contribution is -2.56. The van der Waals surface area contributed by atoms with E-state index >= 15 is 0 Å². The van der Waals surface area contributed by atoms with Crippen LogP contribution in [0.5, 0.6) is 0 Å². The van der Waals surface area contributed by atoms with Crippen molar-refractivity contribution in [3.63, 3.8) is 0 Å². The van der Waals surface area contributed by atoms with Gasteiger partial charge in [-0.2, -0.15) is 13.2 Å². The smallest absolute Gasteiger partial charge is 0.361 e. The first kappa shape index (κ1) is 17.5. The minimum Gasteiger partial charge on any atom is -0.361 e. The van der Waals surface area contributed by atoms with E-state index in [4.69, 9.17) is 4.74 Å². The van der Waals surface area contributed by atoms with Crippen molar-refractivity contribution < 1.29 is 23.0 Å². The monoisotopic (exact) mass is 337 g/mol. The van der Waals surface area contributed by atoms with Gasteiger partial charge in [-0.05, 0) is 31.5 Å². The predicted molar refractivity (Wildman–Crippen MR) is 77.8 cm³/mol. The molecular weight excluding hydrogens is 319 g/mol. The van der Waals surface area contributed by atoms with Gasteiger partial charge in [-0.25, -0.2) is 0 Å². The highest BCUT2D eigenvalue weighted by molar-refractivity contribution is 5.85. The van der Waals surface area contributed by atoms with Crippen LogP contribution >= 0.6 is 12.4 Å². The standard InChI is InChI=1S/C15H18F3NO2.ClH/c16-15(17,18)12-5-3-4-11(8-12)14(20)10-19-7-2-1-6-13(19)9-21-14;/h3-5,8,13,20H,1-2,6-7,9-10H2;1H. The van der Waals surface area contributed by atoms with Crippen molar-refractivity contribution in [3.05, 3.63) is 35.4 Å². The molecule has 0 spiro atoms. The number of nitrogens with zero attached hydrogens (tertiary/aromatic N) is 1. The fraction of sp³-hybridized carbons (Fsp3) is 0.600. The number of halogens is 4. The molecule has 0 aromatic heterocycles. The molecule has 2 saturated heterocycles. The van der Waals surface area contributed by atoms with Crippen molar-refractivity contribution in [1.82, 2.24) is 4.90 Å². The van der Waals surface area contributed by atoms with Crippen LogP contribution in [0.15, 0.2) is 24.3 Å². The third-order valence-corrected chi connectivity index (χ3v) is 4.32. The molecule has 3 nitrogen and oxygen atoms in total. The first-order chi connectivity index (χ1) is 9.88. The molecule has 3 rings (SSSR count). The van der Waals surface area contributed by atoms with Gasteiger partial charge in [0.15, 0.2) is 0 Å². The Morgan fingerprint density at radius 2 is 2.05 bits per heavy atom. The summed E-state index contributed by atoms with van der Waals surface area (Å²) in [7, 11) is 0. The number of ether oxygens (including phenoxy) is 1. The molecule has 0 saturated carbocycles. The quantitative estimate of drug-likeness (QED) is 0.854. The van der Waals surface area contributed by atoms with Crippen molar-refractivity contribution in [2.45, 2.75) is 37.3 Å². The maximum absolute atomic E-state index is 12.8. The van der Waals surface area contributed by atoms with Gasteiger partial charge in [0.2, 0.25) is 5.79 Å². The normalized spacial score (nSPS) is 29.5. The Balaban J connectivity index is 0.00000176. The van der Waals surface area contributed by atoms with Crippen LogP contribution in [0, 0.1) is 0 Å². The number of alkyl halides is 3. The fourth-order valence-electron chi connectivity index (χ4n) is 3.13. The van der Waals surface area contributed by atoms with Crippen LogP contribution in [0.3, 0.4) is 0 Å². The molecule has 0 aliphatic carbocycles. The second kappa shape index (κ2) is 6.35. The van der Waals surface area contributed by atoms with Gasteiger partial charge in [-0.3, -0.25) is 4.90 Å². The van der Waals surface area contributed by atoms with E-state index in [2.05, 4.69) is 4.90 Å². The van der Waals surface area contributed by atoms with E-state index in [0.29, 0.717) is 6.61 Å². The Bertz CT molecular complexity index is 526. The van der Waals surface area contributed by atoms with Gasteiger partial charge in [0.1, 0.15) is 0 Å².